The number of nitrogens with zero attached hydrogens (tertiary/aromatic N) is 2. The van der Waals surface area contributed by atoms with Gasteiger partial charge in [0.15, 0.2) is 23.4 Å². The molecule has 4 aliphatic carbocycles. The number of carbonyl (C=O) groups excluding carboxylic acids is 2. The van der Waals surface area contributed by atoms with Crippen molar-refractivity contribution < 1.29 is 23.8 Å². The lowest BCUT2D eigenvalue weighted by Gasteiger charge is -2.45. The zero-order valence-corrected chi connectivity index (χ0v) is 23.0. The Balaban J connectivity index is 1.16. The molecule has 202 valence electrons. The first kappa shape index (κ1) is 23.8. The number of benzene rings is 2. The number of amides is 1. The van der Waals surface area contributed by atoms with Crippen LogP contribution in [-0.4, -0.2) is 61.1 Å². The van der Waals surface area contributed by atoms with Gasteiger partial charge in [-0.3, -0.25) is 14.6 Å². The van der Waals surface area contributed by atoms with Gasteiger partial charge >= 0.3 is 6.09 Å². The Morgan fingerprint density at radius 3 is 2.74 bits per heavy atom. The van der Waals surface area contributed by atoms with Crippen LogP contribution in [0.1, 0.15) is 48.8 Å². The monoisotopic (exact) mass is 546 g/mol. The number of hydrogen-bond donors (Lipinski definition) is 0. The Morgan fingerprint density at radius 2 is 1.97 bits per heavy atom. The van der Waals surface area contributed by atoms with E-state index in [1.807, 2.05) is 30.3 Å². The van der Waals surface area contributed by atoms with Gasteiger partial charge in [0.25, 0.3) is 0 Å². The second kappa shape index (κ2) is 7.58. The molecule has 2 aliphatic heterocycles. The summed E-state index contributed by atoms with van der Waals surface area (Å²) in [6.07, 6.45) is 6.22. The van der Waals surface area contributed by atoms with E-state index in [2.05, 4.69) is 24.1 Å². The fraction of sp³-hybridized carbons (Fsp3) is 0.484. The molecule has 1 saturated heterocycles. The zero-order valence-electron chi connectivity index (χ0n) is 22.3. The van der Waals surface area contributed by atoms with Crippen LogP contribution in [0.4, 0.5) is 4.79 Å². The Kier molecular flexibility index (Phi) is 4.63. The molecule has 0 aromatic heterocycles. The molecule has 8 rings (SSSR count). The average Bonchev–Trinajstić information content (AvgIpc) is 3.23. The van der Waals surface area contributed by atoms with Crippen molar-refractivity contribution in [3.05, 3.63) is 70.3 Å². The predicted octanol–water partition coefficient (Wildman–Crippen LogP) is 4.94. The predicted molar refractivity (Wildman–Crippen MR) is 144 cm³/mol. The molecule has 2 unspecified atom stereocenters. The van der Waals surface area contributed by atoms with Gasteiger partial charge in [0.1, 0.15) is 11.6 Å². The van der Waals surface area contributed by atoms with Crippen molar-refractivity contribution in [2.24, 2.45) is 5.92 Å². The highest BCUT2D eigenvalue weighted by Gasteiger charge is 2.85. The highest BCUT2D eigenvalue weighted by molar-refractivity contribution is 6.31. The summed E-state index contributed by atoms with van der Waals surface area (Å²) in [5.74, 6) is 1.78. The van der Waals surface area contributed by atoms with Gasteiger partial charge in [0.2, 0.25) is 0 Å². The van der Waals surface area contributed by atoms with Gasteiger partial charge in [-0.25, -0.2) is 4.79 Å². The van der Waals surface area contributed by atoms with Gasteiger partial charge in [-0.1, -0.05) is 41.9 Å². The lowest BCUT2D eigenvalue weighted by molar-refractivity contribution is -0.133. The number of Topliss-reactive ketones (excluding diaryl/α,β-unsaturated/α-hetero) is 1. The summed E-state index contributed by atoms with van der Waals surface area (Å²) in [4.78, 5) is 31.5. The van der Waals surface area contributed by atoms with Gasteiger partial charge in [-0.15, -0.1) is 0 Å². The SMILES string of the molecule is COc1ccc2c3c1O[C@H]1[C@@H](OC(=O)N(C)C4(c5ccccc5Cl)CCCCC4=O)C=C[C@H]4[C@@H]5N(C)[C@@]25C[C@@]341. The van der Waals surface area contributed by atoms with Crippen LogP contribution in [-0.2, 0) is 26.0 Å². The van der Waals surface area contributed by atoms with Crippen LogP contribution in [0.15, 0.2) is 48.6 Å². The number of fused-ring (bicyclic) bond motifs is 1. The van der Waals surface area contributed by atoms with Crippen LogP contribution in [0, 0.1) is 5.92 Å². The van der Waals surface area contributed by atoms with Gasteiger partial charge in [-0.2, -0.15) is 0 Å². The van der Waals surface area contributed by atoms with Crippen LogP contribution in [0.2, 0.25) is 5.02 Å². The number of likely N-dealkylation sites (tertiary alicyclic amines) is 1. The minimum absolute atomic E-state index is 0.00491. The summed E-state index contributed by atoms with van der Waals surface area (Å²) >= 11 is 6.62. The highest BCUT2D eigenvalue weighted by Crippen LogP contribution is 2.80. The van der Waals surface area contributed by atoms with Gasteiger partial charge in [0.05, 0.1) is 18.1 Å². The first-order valence-corrected chi connectivity index (χ1v) is 14.2. The Bertz CT molecular complexity index is 1490. The van der Waals surface area contributed by atoms with Crippen LogP contribution in [0.5, 0.6) is 11.5 Å². The molecule has 7 nitrogen and oxygen atoms in total. The van der Waals surface area contributed by atoms with Crippen LogP contribution in [0.3, 0.4) is 0 Å². The largest absolute Gasteiger partial charge is 0.493 e. The topological polar surface area (TPSA) is 68.1 Å². The third-order valence-electron chi connectivity index (χ3n) is 10.9. The van der Waals surface area contributed by atoms with E-state index in [0.717, 1.165) is 25.0 Å². The number of carbonyl (C=O) groups is 2. The quantitative estimate of drug-likeness (QED) is 0.400. The van der Waals surface area contributed by atoms with Crippen molar-refractivity contribution in [2.45, 2.75) is 66.8 Å². The van der Waals surface area contributed by atoms with E-state index in [4.69, 9.17) is 25.8 Å². The summed E-state index contributed by atoms with van der Waals surface area (Å²) in [7, 11) is 5.53. The molecule has 2 aromatic rings. The Morgan fingerprint density at radius 1 is 1.15 bits per heavy atom. The third kappa shape index (κ3) is 2.56. The van der Waals surface area contributed by atoms with Gasteiger partial charge < -0.3 is 14.2 Å². The average molecular weight is 547 g/mol. The van der Waals surface area contributed by atoms with E-state index < -0.39 is 17.7 Å². The van der Waals surface area contributed by atoms with E-state index in [0.29, 0.717) is 35.2 Å². The molecular weight excluding hydrogens is 516 g/mol. The maximum atomic E-state index is 13.9. The highest BCUT2D eigenvalue weighted by atomic mass is 35.5. The number of ketones is 1. The summed E-state index contributed by atoms with van der Waals surface area (Å²) in [6, 6.07) is 11.9. The van der Waals surface area contributed by atoms with Crippen LogP contribution < -0.4 is 9.47 Å². The molecule has 6 aliphatic rings. The lowest BCUT2D eigenvalue weighted by Crippen LogP contribution is -2.57. The second-order valence-electron chi connectivity index (χ2n) is 12.0. The molecule has 2 saturated carbocycles. The molecule has 39 heavy (non-hydrogen) atoms. The number of likely N-dealkylation sites (N-methyl/N-ethyl adjacent to an activating group) is 2. The summed E-state index contributed by atoms with van der Waals surface area (Å²) < 4.78 is 18.7. The Hall–Kier alpha value is -3.03. The standard InChI is InChI=1S/C31H31ClN2O5/c1-33-26-19-12-14-22(27-29(19)16-31(26,33)18-11-13-21(37-3)25(39-27)24(18)29)38-28(36)34(2)30(15-7-6-10-23(30)35)17-8-4-5-9-20(17)32/h4-5,8-9,11-14,19,22,26-27H,6-7,10,15-16H2,1-3H3/t19-,22-,26-,27-,29-,30?,31-,33?/m0/s1. The number of halogens is 1. The first-order valence-electron chi connectivity index (χ1n) is 13.8. The fourth-order valence-corrected chi connectivity index (χ4v) is 9.48. The minimum Gasteiger partial charge on any atom is -0.493 e. The van der Waals surface area contributed by atoms with E-state index in [-0.39, 0.29) is 28.8 Å². The maximum Gasteiger partial charge on any atom is 0.411 e. The number of methoxy groups -OCH3 is 1. The molecule has 2 heterocycles. The zero-order chi connectivity index (χ0) is 26.9. The third-order valence-corrected chi connectivity index (χ3v) is 11.2. The molecule has 0 radical (unpaired) electrons. The summed E-state index contributed by atoms with van der Waals surface area (Å²) in [6.45, 7) is 0. The van der Waals surface area contributed by atoms with Crippen molar-refractivity contribution in [2.75, 3.05) is 21.2 Å². The van der Waals surface area contributed by atoms with Gasteiger partial charge in [0, 0.05) is 41.6 Å². The van der Waals surface area contributed by atoms with Crippen LogP contribution in [0.25, 0.3) is 0 Å². The van der Waals surface area contributed by atoms with E-state index >= 15 is 0 Å². The maximum absolute atomic E-state index is 13.9. The van der Waals surface area contributed by atoms with Crippen LogP contribution >= 0.6 is 11.6 Å². The number of hydrogen-bond acceptors (Lipinski definition) is 6. The number of ether oxygens (including phenoxy) is 3. The minimum atomic E-state index is -1.15. The molecule has 3 fully saturated rings. The summed E-state index contributed by atoms with van der Waals surface area (Å²) in [5, 5.41) is 0.478. The first-order chi connectivity index (χ1) is 18.8. The van der Waals surface area contributed by atoms with Crippen molar-refractivity contribution in [3.63, 3.8) is 0 Å². The summed E-state index contributed by atoms with van der Waals surface area (Å²) in [5.41, 5.74) is 1.82. The lowest BCUT2D eigenvalue weighted by atomic mass is 9.64. The Labute approximate surface area is 232 Å². The molecule has 8 atom stereocenters. The normalized spacial score (nSPS) is 39.6. The second-order valence-corrected chi connectivity index (χ2v) is 12.5. The molecule has 2 spiro atoms. The molecule has 0 N–H and O–H groups in total. The van der Waals surface area contributed by atoms with Crippen molar-refractivity contribution in [3.8, 4) is 11.5 Å². The van der Waals surface area contributed by atoms with E-state index in [9.17, 15) is 9.59 Å². The molecule has 2 aromatic carbocycles. The van der Waals surface area contributed by atoms with Gasteiger partial charge in [-0.05, 0) is 56.5 Å². The molecule has 1 amide bonds. The molecule has 2 bridgehead atoms. The number of piperidine rings is 1. The fourth-order valence-electron chi connectivity index (χ4n) is 9.19. The van der Waals surface area contributed by atoms with E-state index in [1.165, 1.54) is 16.0 Å². The molecule has 8 heteroatoms. The van der Waals surface area contributed by atoms with E-state index in [1.54, 1.807) is 20.2 Å². The van der Waals surface area contributed by atoms with Crippen molar-refractivity contribution >= 4 is 23.5 Å². The smallest absolute Gasteiger partial charge is 0.411 e. The van der Waals surface area contributed by atoms with Crippen molar-refractivity contribution in [1.82, 2.24) is 9.80 Å². The number of rotatable bonds is 4. The van der Waals surface area contributed by atoms with Crippen molar-refractivity contribution in [1.29, 1.82) is 0 Å². The molecular formula is C31H31ClN2O5.